The zero-order chi connectivity index (χ0) is 22.5. The molecule has 0 saturated heterocycles. The number of allylic oxidation sites excluding steroid dienone is 1. The van der Waals surface area contributed by atoms with E-state index < -0.39 is 5.97 Å². The molecule has 160 valence electrons. The summed E-state index contributed by atoms with van der Waals surface area (Å²) >= 11 is 0. The van der Waals surface area contributed by atoms with Crippen LogP contribution < -0.4 is 9.47 Å². The minimum atomic E-state index is -0.530. The largest absolute Gasteiger partial charge is 0.494 e. The quantitative estimate of drug-likeness (QED) is 0.151. The Balaban J connectivity index is 1.49. The Kier molecular flexibility index (Phi) is 6.17. The molecule has 0 saturated carbocycles. The average Bonchev–Trinajstić information content (AvgIpc) is 3.14. The molecule has 5 heteroatoms. The zero-order valence-corrected chi connectivity index (χ0v) is 17.8. The van der Waals surface area contributed by atoms with Crippen molar-refractivity contribution >= 4 is 28.8 Å². The number of hydrogen-bond donors (Lipinski definition) is 0. The number of benzene rings is 3. The van der Waals surface area contributed by atoms with Crippen LogP contribution in [-0.2, 0) is 0 Å². The molecule has 0 aliphatic carbocycles. The van der Waals surface area contributed by atoms with Crippen LogP contribution in [0.1, 0.15) is 39.0 Å². The topological polar surface area (TPSA) is 65.7 Å². The number of hydrogen-bond acceptors (Lipinski definition) is 5. The van der Waals surface area contributed by atoms with Crippen LogP contribution in [0.15, 0.2) is 83.3 Å². The SMILES string of the molecule is CCOc1ccc2oc(C)c(C(=O)Oc3ccc(C(=O)C=Cc4ccccc4)cc3)c2c1. The lowest BCUT2D eigenvalue weighted by Crippen LogP contribution is -2.09. The van der Waals surface area contributed by atoms with Gasteiger partial charge in [0, 0.05) is 10.9 Å². The summed E-state index contributed by atoms with van der Waals surface area (Å²) in [6, 6.07) is 21.4. The molecule has 1 heterocycles. The van der Waals surface area contributed by atoms with Crippen molar-refractivity contribution in [1.82, 2.24) is 0 Å². The van der Waals surface area contributed by atoms with Gasteiger partial charge in [0.25, 0.3) is 0 Å². The molecule has 0 aliphatic rings. The van der Waals surface area contributed by atoms with Gasteiger partial charge in [0.15, 0.2) is 5.78 Å². The van der Waals surface area contributed by atoms with Crippen LogP contribution in [0.2, 0.25) is 0 Å². The highest BCUT2D eigenvalue weighted by atomic mass is 16.5. The molecule has 0 spiro atoms. The highest BCUT2D eigenvalue weighted by molar-refractivity contribution is 6.07. The zero-order valence-electron chi connectivity index (χ0n) is 17.8. The Morgan fingerprint density at radius 2 is 1.66 bits per heavy atom. The summed E-state index contributed by atoms with van der Waals surface area (Å²) in [5, 5.41) is 0.635. The molecule has 1 aromatic heterocycles. The summed E-state index contributed by atoms with van der Waals surface area (Å²) in [4.78, 5) is 25.3. The van der Waals surface area contributed by atoms with E-state index in [0.29, 0.717) is 46.0 Å². The van der Waals surface area contributed by atoms with Gasteiger partial charge >= 0.3 is 5.97 Å². The van der Waals surface area contributed by atoms with E-state index in [1.54, 1.807) is 55.5 Å². The second-order valence-corrected chi connectivity index (χ2v) is 7.15. The van der Waals surface area contributed by atoms with Crippen molar-refractivity contribution in [3.05, 3.63) is 101 Å². The first-order valence-electron chi connectivity index (χ1n) is 10.3. The highest BCUT2D eigenvalue weighted by Gasteiger charge is 2.21. The number of carbonyl (C=O) groups is 2. The Bertz CT molecular complexity index is 1280. The molecule has 4 rings (SSSR count). The second-order valence-electron chi connectivity index (χ2n) is 7.15. The van der Waals surface area contributed by atoms with Crippen LogP contribution in [0.3, 0.4) is 0 Å². The summed E-state index contributed by atoms with van der Waals surface area (Å²) in [6.45, 7) is 4.14. The fourth-order valence-corrected chi connectivity index (χ4v) is 3.39. The Morgan fingerprint density at radius 3 is 2.38 bits per heavy atom. The van der Waals surface area contributed by atoms with Gasteiger partial charge in [-0.25, -0.2) is 4.79 Å². The van der Waals surface area contributed by atoms with Crippen LogP contribution >= 0.6 is 0 Å². The number of furan rings is 1. The first kappa shape index (κ1) is 21.1. The third kappa shape index (κ3) is 4.62. The lowest BCUT2D eigenvalue weighted by Gasteiger charge is -2.06. The number of aryl methyl sites for hydroxylation is 1. The fourth-order valence-electron chi connectivity index (χ4n) is 3.39. The fraction of sp³-hybridized carbons (Fsp3) is 0.111. The number of carbonyl (C=O) groups excluding carboxylic acids is 2. The van der Waals surface area contributed by atoms with E-state index in [9.17, 15) is 9.59 Å². The van der Waals surface area contributed by atoms with E-state index in [1.165, 1.54) is 6.08 Å². The van der Waals surface area contributed by atoms with Crippen molar-refractivity contribution < 1.29 is 23.5 Å². The molecule has 0 fully saturated rings. The summed E-state index contributed by atoms with van der Waals surface area (Å²) in [6.07, 6.45) is 3.28. The maximum atomic E-state index is 12.9. The maximum Gasteiger partial charge on any atom is 0.347 e. The lowest BCUT2D eigenvalue weighted by atomic mass is 10.1. The standard InChI is InChI=1S/C27H22O5/c1-3-30-22-14-16-25-23(17-22)26(18(2)31-25)27(29)32-21-12-10-20(11-13-21)24(28)15-9-19-7-5-4-6-8-19/h4-17H,3H2,1-2H3. The van der Waals surface area contributed by atoms with Crippen molar-refractivity contribution in [2.75, 3.05) is 6.61 Å². The first-order valence-corrected chi connectivity index (χ1v) is 10.3. The van der Waals surface area contributed by atoms with Gasteiger partial charge in [0.1, 0.15) is 28.4 Å². The van der Waals surface area contributed by atoms with Gasteiger partial charge in [-0.05, 0) is 68.0 Å². The summed E-state index contributed by atoms with van der Waals surface area (Å²) in [7, 11) is 0. The molecule has 3 aromatic carbocycles. The molecule has 4 aromatic rings. The van der Waals surface area contributed by atoms with Crippen LogP contribution in [0.4, 0.5) is 0 Å². The van der Waals surface area contributed by atoms with E-state index in [-0.39, 0.29) is 5.78 Å². The van der Waals surface area contributed by atoms with Crippen molar-refractivity contribution in [2.45, 2.75) is 13.8 Å². The minimum Gasteiger partial charge on any atom is -0.494 e. The number of esters is 1. The summed E-state index contributed by atoms with van der Waals surface area (Å²) < 4.78 is 16.8. The molecule has 32 heavy (non-hydrogen) atoms. The van der Waals surface area contributed by atoms with Crippen LogP contribution in [0.5, 0.6) is 11.5 Å². The number of ketones is 1. The van der Waals surface area contributed by atoms with Crippen molar-refractivity contribution in [3.63, 3.8) is 0 Å². The highest BCUT2D eigenvalue weighted by Crippen LogP contribution is 2.30. The summed E-state index contributed by atoms with van der Waals surface area (Å²) in [5.41, 5.74) is 2.39. The molecule has 0 N–H and O–H groups in total. The molecule has 0 atom stereocenters. The maximum absolute atomic E-state index is 12.9. The third-order valence-electron chi connectivity index (χ3n) is 4.93. The van der Waals surface area contributed by atoms with Crippen molar-refractivity contribution in [1.29, 1.82) is 0 Å². The molecule has 5 nitrogen and oxygen atoms in total. The van der Waals surface area contributed by atoms with Gasteiger partial charge in [-0.15, -0.1) is 0 Å². The van der Waals surface area contributed by atoms with Gasteiger partial charge in [-0.3, -0.25) is 4.79 Å². The number of ether oxygens (including phenoxy) is 2. The summed E-state index contributed by atoms with van der Waals surface area (Å²) in [5.74, 6) is 0.802. The van der Waals surface area contributed by atoms with Crippen molar-refractivity contribution in [2.24, 2.45) is 0 Å². The van der Waals surface area contributed by atoms with Crippen LogP contribution in [-0.4, -0.2) is 18.4 Å². The average molecular weight is 426 g/mol. The lowest BCUT2D eigenvalue weighted by molar-refractivity contribution is 0.0734. The molecule has 0 radical (unpaired) electrons. The number of rotatable bonds is 7. The monoisotopic (exact) mass is 426 g/mol. The Labute approximate surface area is 185 Å². The molecular formula is C27H22O5. The molecular weight excluding hydrogens is 404 g/mol. The van der Waals surface area contributed by atoms with Gasteiger partial charge in [0.05, 0.1) is 6.61 Å². The normalized spacial score (nSPS) is 11.1. The molecule has 0 amide bonds. The molecule has 0 aliphatic heterocycles. The Morgan fingerprint density at radius 1 is 0.938 bits per heavy atom. The van der Waals surface area contributed by atoms with E-state index in [0.717, 1.165) is 5.56 Å². The van der Waals surface area contributed by atoms with Crippen LogP contribution in [0, 0.1) is 6.92 Å². The third-order valence-corrected chi connectivity index (χ3v) is 4.93. The van der Waals surface area contributed by atoms with Gasteiger partial charge in [-0.1, -0.05) is 36.4 Å². The predicted octanol–water partition coefficient (Wildman–Crippen LogP) is 6.26. The first-order chi connectivity index (χ1) is 15.5. The van der Waals surface area contributed by atoms with E-state index in [4.69, 9.17) is 13.9 Å². The minimum absolute atomic E-state index is 0.133. The smallest absolute Gasteiger partial charge is 0.347 e. The second kappa shape index (κ2) is 9.35. The van der Waals surface area contributed by atoms with Gasteiger partial charge in [0.2, 0.25) is 0 Å². The van der Waals surface area contributed by atoms with Crippen molar-refractivity contribution in [3.8, 4) is 11.5 Å². The van der Waals surface area contributed by atoms with Crippen LogP contribution in [0.25, 0.3) is 17.0 Å². The van der Waals surface area contributed by atoms with E-state index in [1.807, 2.05) is 37.3 Å². The van der Waals surface area contributed by atoms with Gasteiger partial charge in [-0.2, -0.15) is 0 Å². The molecule has 0 bridgehead atoms. The predicted molar refractivity (Wildman–Crippen MR) is 123 cm³/mol. The van der Waals surface area contributed by atoms with E-state index in [2.05, 4.69) is 0 Å². The molecule has 0 unspecified atom stereocenters. The van der Waals surface area contributed by atoms with E-state index >= 15 is 0 Å². The Hall–Kier alpha value is -4.12. The number of fused-ring (bicyclic) bond motifs is 1. The van der Waals surface area contributed by atoms with Gasteiger partial charge < -0.3 is 13.9 Å².